The SMILES string of the molecule is Cc1cc(C)n(C[C@@H](C)CNC(=O)NC[C@@]2(C)CCCS2)n1. The van der Waals surface area contributed by atoms with E-state index >= 15 is 0 Å². The molecule has 2 rings (SSSR count). The predicted octanol–water partition coefficient (Wildman–Crippen LogP) is 2.72. The highest BCUT2D eigenvalue weighted by atomic mass is 32.2. The van der Waals surface area contributed by atoms with Crippen LogP contribution in [0.25, 0.3) is 0 Å². The van der Waals surface area contributed by atoms with Crippen LogP contribution in [0.5, 0.6) is 0 Å². The molecule has 1 aromatic rings. The van der Waals surface area contributed by atoms with Gasteiger partial charge in [-0.15, -0.1) is 0 Å². The molecule has 1 fully saturated rings. The quantitative estimate of drug-likeness (QED) is 0.846. The van der Waals surface area contributed by atoms with Crippen LogP contribution in [0.1, 0.15) is 38.1 Å². The summed E-state index contributed by atoms with van der Waals surface area (Å²) < 4.78 is 2.22. The van der Waals surface area contributed by atoms with Crippen molar-refractivity contribution in [3.8, 4) is 0 Å². The van der Waals surface area contributed by atoms with Crippen LogP contribution >= 0.6 is 11.8 Å². The monoisotopic (exact) mass is 324 g/mol. The number of rotatable bonds is 6. The van der Waals surface area contributed by atoms with Gasteiger partial charge in [0.25, 0.3) is 0 Å². The molecule has 1 aliphatic rings. The van der Waals surface area contributed by atoms with Crippen molar-refractivity contribution in [2.45, 2.75) is 51.8 Å². The number of thioether (sulfide) groups is 1. The maximum atomic E-state index is 11.9. The zero-order valence-electron chi connectivity index (χ0n) is 14.1. The normalized spacial score (nSPS) is 22.5. The van der Waals surface area contributed by atoms with Crippen LogP contribution in [0.15, 0.2) is 6.07 Å². The number of nitrogens with zero attached hydrogens (tertiary/aromatic N) is 2. The number of hydrogen-bond acceptors (Lipinski definition) is 3. The van der Waals surface area contributed by atoms with E-state index in [4.69, 9.17) is 0 Å². The van der Waals surface area contributed by atoms with Gasteiger partial charge in [0.2, 0.25) is 0 Å². The van der Waals surface area contributed by atoms with Gasteiger partial charge in [0.1, 0.15) is 0 Å². The average molecular weight is 324 g/mol. The Kier molecular flexibility index (Phi) is 5.78. The van der Waals surface area contributed by atoms with E-state index in [2.05, 4.69) is 42.6 Å². The fraction of sp³-hybridized carbons (Fsp3) is 0.750. The van der Waals surface area contributed by atoms with Crippen LogP contribution in [-0.2, 0) is 6.54 Å². The minimum Gasteiger partial charge on any atom is -0.338 e. The number of carbonyl (C=O) groups is 1. The third-order valence-corrected chi connectivity index (χ3v) is 5.66. The Bertz CT molecular complexity index is 508. The van der Waals surface area contributed by atoms with Gasteiger partial charge in [0.05, 0.1) is 5.69 Å². The van der Waals surface area contributed by atoms with Crippen LogP contribution in [0.2, 0.25) is 0 Å². The van der Waals surface area contributed by atoms with Crippen molar-refractivity contribution in [1.29, 1.82) is 0 Å². The number of aromatic nitrogens is 2. The van der Waals surface area contributed by atoms with Gasteiger partial charge in [-0.3, -0.25) is 4.68 Å². The van der Waals surface area contributed by atoms with Crippen LogP contribution < -0.4 is 10.6 Å². The van der Waals surface area contributed by atoms with E-state index in [1.165, 1.54) is 24.3 Å². The lowest BCUT2D eigenvalue weighted by molar-refractivity contribution is 0.237. The first-order chi connectivity index (χ1) is 10.4. The third-order valence-electron chi connectivity index (χ3n) is 4.12. The number of carbonyl (C=O) groups excluding carboxylic acids is 1. The first kappa shape index (κ1) is 17.2. The fourth-order valence-corrected chi connectivity index (χ4v) is 4.04. The molecule has 22 heavy (non-hydrogen) atoms. The van der Waals surface area contributed by atoms with E-state index < -0.39 is 0 Å². The zero-order chi connectivity index (χ0) is 16.2. The highest BCUT2D eigenvalue weighted by Crippen LogP contribution is 2.36. The maximum absolute atomic E-state index is 11.9. The van der Waals surface area contributed by atoms with Gasteiger partial charge in [-0.1, -0.05) is 6.92 Å². The number of hydrogen-bond donors (Lipinski definition) is 2. The van der Waals surface area contributed by atoms with Crippen molar-refractivity contribution in [1.82, 2.24) is 20.4 Å². The Hall–Kier alpha value is -1.17. The van der Waals surface area contributed by atoms with Crippen molar-refractivity contribution in [3.05, 3.63) is 17.5 Å². The molecule has 6 heteroatoms. The molecule has 0 aliphatic carbocycles. The zero-order valence-corrected chi connectivity index (χ0v) is 14.9. The molecule has 0 radical (unpaired) electrons. The molecule has 0 unspecified atom stereocenters. The second-order valence-corrected chi connectivity index (χ2v) is 8.36. The Morgan fingerprint density at radius 3 is 2.86 bits per heavy atom. The molecule has 0 bridgehead atoms. The van der Waals surface area contributed by atoms with Gasteiger partial charge in [-0.2, -0.15) is 16.9 Å². The van der Waals surface area contributed by atoms with Crippen molar-refractivity contribution < 1.29 is 4.79 Å². The standard InChI is InChI=1S/C16H28N4OS/c1-12(10-20-14(3)8-13(2)19-20)9-17-15(21)18-11-16(4)6-5-7-22-16/h8,12H,5-7,9-11H2,1-4H3,(H2,17,18,21)/t12-,16+/m0/s1. The summed E-state index contributed by atoms with van der Waals surface area (Å²) in [4.78, 5) is 11.9. The first-order valence-corrected chi connectivity index (χ1v) is 9.03. The summed E-state index contributed by atoms with van der Waals surface area (Å²) in [6.07, 6.45) is 2.44. The molecule has 0 spiro atoms. The minimum absolute atomic E-state index is 0.0612. The predicted molar refractivity (Wildman–Crippen MR) is 92.4 cm³/mol. The lowest BCUT2D eigenvalue weighted by Crippen LogP contribution is -2.43. The second-order valence-electron chi connectivity index (χ2n) is 6.68. The summed E-state index contributed by atoms with van der Waals surface area (Å²) >= 11 is 1.96. The number of amides is 2. The van der Waals surface area contributed by atoms with E-state index in [0.717, 1.165) is 18.8 Å². The molecule has 0 saturated carbocycles. The van der Waals surface area contributed by atoms with Crippen molar-refractivity contribution in [2.75, 3.05) is 18.8 Å². The number of nitrogens with one attached hydrogen (secondary N) is 2. The van der Waals surface area contributed by atoms with Crippen molar-refractivity contribution in [3.63, 3.8) is 0 Å². The molecule has 1 saturated heterocycles. The molecule has 2 heterocycles. The summed E-state index contributed by atoms with van der Waals surface area (Å²) in [7, 11) is 0. The van der Waals surface area contributed by atoms with Crippen LogP contribution in [0.3, 0.4) is 0 Å². The molecule has 1 aromatic heterocycles. The Balaban J connectivity index is 1.68. The van der Waals surface area contributed by atoms with Crippen LogP contribution in [-0.4, -0.2) is 39.4 Å². The van der Waals surface area contributed by atoms with E-state index in [1.807, 2.05) is 23.4 Å². The van der Waals surface area contributed by atoms with Gasteiger partial charge >= 0.3 is 6.03 Å². The van der Waals surface area contributed by atoms with Gasteiger partial charge in [-0.25, -0.2) is 4.79 Å². The van der Waals surface area contributed by atoms with E-state index in [0.29, 0.717) is 12.5 Å². The fourth-order valence-electron chi connectivity index (χ4n) is 2.79. The maximum Gasteiger partial charge on any atom is 0.314 e. The van der Waals surface area contributed by atoms with E-state index in [9.17, 15) is 4.79 Å². The summed E-state index contributed by atoms with van der Waals surface area (Å²) in [5.74, 6) is 1.56. The van der Waals surface area contributed by atoms with Crippen LogP contribution in [0, 0.1) is 19.8 Å². The molecule has 2 amide bonds. The molecule has 124 valence electrons. The lowest BCUT2D eigenvalue weighted by atomic mass is 10.1. The topological polar surface area (TPSA) is 59.0 Å². The number of urea groups is 1. The summed E-state index contributed by atoms with van der Waals surface area (Å²) in [6, 6.07) is 2.02. The molecule has 1 aliphatic heterocycles. The summed E-state index contributed by atoms with van der Waals surface area (Å²) in [6.45, 7) is 10.7. The van der Waals surface area contributed by atoms with E-state index in [1.54, 1.807) is 0 Å². The number of aryl methyl sites for hydroxylation is 2. The van der Waals surface area contributed by atoms with Gasteiger partial charge in [0, 0.05) is 30.1 Å². The lowest BCUT2D eigenvalue weighted by Gasteiger charge is -2.23. The Morgan fingerprint density at radius 2 is 2.27 bits per heavy atom. The molecule has 2 atom stereocenters. The Morgan fingerprint density at radius 1 is 1.50 bits per heavy atom. The van der Waals surface area contributed by atoms with Crippen molar-refractivity contribution >= 4 is 17.8 Å². The Labute approximate surface area is 137 Å². The highest BCUT2D eigenvalue weighted by Gasteiger charge is 2.29. The van der Waals surface area contributed by atoms with E-state index in [-0.39, 0.29) is 10.8 Å². The molecule has 5 nitrogen and oxygen atoms in total. The molecule has 2 N–H and O–H groups in total. The van der Waals surface area contributed by atoms with Crippen molar-refractivity contribution in [2.24, 2.45) is 5.92 Å². The molecule has 0 aromatic carbocycles. The summed E-state index contributed by atoms with van der Waals surface area (Å²) in [5, 5.41) is 10.4. The average Bonchev–Trinajstić information content (AvgIpc) is 3.01. The second kappa shape index (κ2) is 7.40. The molecular formula is C16H28N4OS. The van der Waals surface area contributed by atoms with Crippen LogP contribution in [0.4, 0.5) is 4.79 Å². The molecular weight excluding hydrogens is 296 g/mol. The summed E-state index contributed by atoms with van der Waals surface area (Å²) in [5.41, 5.74) is 2.21. The first-order valence-electron chi connectivity index (χ1n) is 8.05. The highest BCUT2D eigenvalue weighted by molar-refractivity contribution is 8.00. The smallest absolute Gasteiger partial charge is 0.314 e. The largest absolute Gasteiger partial charge is 0.338 e. The van der Waals surface area contributed by atoms with Gasteiger partial charge in [-0.05, 0) is 51.3 Å². The third kappa shape index (κ3) is 4.93. The van der Waals surface area contributed by atoms with Gasteiger partial charge in [0.15, 0.2) is 0 Å². The van der Waals surface area contributed by atoms with Gasteiger partial charge < -0.3 is 10.6 Å². The minimum atomic E-state index is -0.0612.